The Morgan fingerprint density at radius 1 is 1.47 bits per heavy atom. The highest BCUT2D eigenvalue weighted by Crippen LogP contribution is 2.04. The SMILES string of the molecule is CCN(C(=O)[C@@H](N)CC(=O)O)N1CCNCC1. The third-order valence-corrected chi connectivity index (χ3v) is 2.70. The molecule has 17 heavy (non-hydrogen) atoms. The molecule has 4 N–H and O–H groups in total. The van der Waals surface area contributed by atoms with Crippen LogP contribution in [0.5, 0.6) is 0 Å². The van der Waals surface area contributed by atoms with Gasteiger partial charge in [-0.15, -0.1) is 0 Å². The van der Waals surface area contributed by atoms with Crippen LogP contribution in [0, 0.1) is 0 Å². The van der Waals surface area contributed by atoms with E-state index < -0.39 is 12.0 Å². The van der Waals surface area contributed by atoms with Crippen LogP contribution in [0.25, 0.3) is 0 Å². The lowest BCUT2D eigenvalue weighted by Crippen LogP contribution is -2.58. The van der Waals surface area contributed by atoms with Gasteiger partial charge in [0.25, 0.3) is 5.91 Å². The van der Waals surface area contributed by atoms with E-state index in [0.717, 1.165) is 26.2 Å². The fourth-order valence-corrected chi connectivity index (χ4v) is 1.86. The summed E-state index contributed by atoms with van der Waals surface area (Å²) in [7, 11) is 0. The monoisotopic (exact) mass is 244 g/mol. The number of nitrogens with two attached hydrogens (primary N) is 1. The molecular weight excluding hydrogens is 224 g/mol. The molecule has 0 aromatic carbocycles. The van der Waals surface area contributed by atoms with Crippen molar-refractivity contribution in [3.63, 3.8) is 0 Å². The van der Waals surface area contributed by atoms with Gasteiger partial charge in [-0.25, -0.2) is 5.01 Å². The summed E-state index contributed by atoms with van der Waals surface area (Å²) in [5.41, 5.74) is 5.59. The average Bonchev–Trinajstić information content (AvgIpc) is 2.30. The van der Waals surface area contributed by atoms with Gasteiger partial charge in [0, 0.05) is 32.7 Å². The molecule has 1 saturated heterocycles. The Kier molecular flexibility index (Phi) is 5.33. The van der Waals surface area contributed by atoms with Crippen molar-refractivity contribution in [2.24, 2.45) is 5.73 Å². The number of carboxylic acids is 1. The van der Waals surface area contributed by atoms with E-state index in [2.05, 4.69) is 5.32 Å². The van der Waals surface area contributed by atoms with Crippen molar-refractivity contribution >= 4 is 11.9 Å². The molecule has 1 atom stereocenters. The standard InChI is InChI=1S/C10H20N4O3/c1-2-14(13-5-3-12-4-6-13)10(17)8(11)7-9(15)16/h8,12H,2-7,11H2,1H3,(H,15,16)/t8-/m0/s1. The first-order chi connectivity index (χ1) is 8.06. The van der Waals surface area contributed by atoms with Crippen LogP contribution in [0.4, 0.5) is 0 Å². The number of nitrogens with one attached hydrogen (secondary N) is 1. The summed E-state index contributed by atoms with van der Waals surface area (Å²) in [4.78, 5) is 22.5. The Balaban J connectivity index is 2.58. The molecule has 1 amide bonds. The zero-order chi connectivity index (χ0) is 12.8. The van der Waals surface area contributed by atoms with Gasteiger partial charge in [-0.2, -0.15) is 0 Å². The van der Waals surface area contributed by atoms with Crippen LogP contribution in [-0.2, 0) is 9.59 Å². The van der Waals surface area contributed by atoms with Crippen LogP contribution < -0.4 is 11.1 Å². The predicted octanol–water partition coefficient (Wildman–Crippen LogP) is -1.54. The molecule has 1 fully saturated rings. The molecular formula is C10H20N4O3. The number of carbonyl (C=O) groups is 2. The molecule has 1 heterocycles. The quantitative estimate of drug-likeness (QED) is 0.542. The van der Waals surface area contributed by atoms with Gasteiger partial charge in [0.05, 0.1) is 12.5 Å². The van der Waals surface area contributed by atoms with Crippen LogP contribution in [0.1, 0.15) is 13.3 Å². The molecule has 0 aromatic rings. The van der Waals surface area contributed by atoms with Gasteiger partial charge in [0.15, 0.2) is 0 Å². The smallest absolute Gasteiger partial charge is 0.305 e. The Morgan fingerprint density at radius 2 is 2.06 bits per heavy atom. The van der Waals surface area contributed by atoms with Crippen LogP contribution in [0.15, 0.2) is 0 Å². The lowest BCUT2D eigenvalue weighted by atomic mass is 10.2. The van der Waals surface area contributed by atoms with Crippen molar-refractivity contribution in [3.8, 4) is 0 Å². The van der Waals surface area contributed by atoms with Gasteiger partial charge in [0.2, 0.25) is 0 Å². The molecule has 1 aliphatic rings. The minimum atomic E-state index is -1.05. The summed E-state index contributed by atoms with van der Waals surface area (Å²) in [5, 5.41) is 15.3. The number of nitrogens with zero attached hydrogens (tertiary/aromatic N) is 2. The van der Waals surface area contributed by atoms with Crippen LogP contribution in [0.3, 0.4) is 0 Å². The molecule has 0 radical (unpaired) electrons. The van der Waals surface area contributed by atoms with Crippen molar-refractivity contribution in [2.45, 2.75) is 19.4 Å². The van der Waals surface area contributed by atoms with E-state index in [1.807, 2.05) is 11.9 Å². The molecule has 0 saturated carbocycles. The van der Waals surface area contributed by atoms with E-state index in [4.69, 9.17) is 10.8 Å². The maximum absolute atomic E-state index is 12.0. The number of amides is 1. The Morgan fingerprint density at radius 3 is 2.53 bits per heavy atom. The van der Waals surface area contributed by atoms with Crippen molar-refractivity contribution in [1.29, 1.82) is 0 Å². The molecule has 0 aromatic heterocycles. The normalized spacial score (nSPS) is 18.7. The summed E-state index contributed by atoms with van der Waals surface area (Å²) < 4.78 is 0. The topological polar surface area (TPSA) is 98.9 Å². The number of piperazine rings is 1. The summed E-state index contributed by atoms with van der Waals surface area (Å²) in [6.07, 6.45) is -0.332. The molecule has 0 bridgehead atoms. The second kappa shape index (κ2) is 6.53. The van der Waals surface area contributed by atoms with E-state index >= 15 is 0 Å². The number of carbonyl (C=O) groups excluding carboxylic acids is 1. The van der Waals surface area contributed by atoms with E-state index in [-0.39, 0.29) is 12.3 Å². The second-order valence-electron chi connectivity index (χ2n) is 3.96. The third-order valence-electron chi connectivity index (χ3n) is 2.70. The lowest BCUT2D eigenvalue weighted by Gasteiger charge is -2.38. The second-order valence-corrected chi connectivity index (χ2v) is 3.96. The van der Waals surface area contributed by atoms with E-state index in [0.29, 0.717) is 6.54 Å². The molecule has 7 nitrogen and oxygen atoms in total. The van der Waals surface area contributed by atoms with Crippen LogP contribution in [0.2, 0.25) is 0 Å². The molecule has 1 aliphatic heterocycles. The number of hydrazine groups is 1. The Labute approximate surface area is 101 Å². The van der Waals surface area contributed by atoms with Crippen LogP contribution >= 0.6 is 0 Å². The molecule has 1 rings (SSSR count). The first kappa shape index (κ1) is 13.9. The maximum Gasteiger partial charge on any atom is 0.305 e. The highest BCUT2D eigenvalue weighted by atomic mass is 16.4. The van der Waals surface area contributed by atoms with Gasteiger partial charge < -0.3 is 16.2 Å². The zero-order valence-electron chi connectivity index (χ0n) is 10.1. The number of likely N-dealkylation sites (N-methyl/N-ethyl adjacent to an activating group) is 1. The molecule has 98 valence electrons. The molecule has 0 spiro atoms. The summed E-state index contributed by atoms with van der Waals surface area (Å²) in [5.74, 6) is -1.38. The molecule has 0 unspecified atom stereocenters. The third kappa shape index (κ3) is 3.95. The highest BCUT2D eigenvalue weighted by Gasteiger charge is 2.27. The number of aliphatic carboxylic acids is 1. The van der Waals surface area contributed by atoms with Gasteiger partial charge in [-0.1, -0.05) is 0 Å². The minimum absolute atomic E-state index is 0.322. The number of hydrogen-bond acceptors (Lipinski definition) is 5. The maximum atomic E-state index is 12.0. The van der Waals surface area contributed by atoms with Crippen LogP contribution in [-0.4, -0.2) is 65.8 Å². The van der Waals surface area contributed by atoms with Crippen molar-refractivity contribution < 1.29 is 14.7 Å². The van der Waals surface area contributed by atoms with Gasteiger partial charge >= 0.3 is 5.97 Å². The predicted molar refractivity (Wildman–Crippen MR) is 62.1 cm³/mol. The fraction of sp³-hybridized carbons (Fsp3) is 0.800. The fourth-order valence-electron chi connectivity index (χ4n) is 1.86. The van der Waals surface area contributed by atoms with E-state index in [1.165, 1.54) is 0 Å². The molecule has 0 aliphatic carbocycles. The first-order valence-corrected chi connectivity index (χ1v) is 5.80. The van der Waals surface area contributed by atoms with Crippen molar-refractivity contribution in [2.75, 3.05) is 32.7 Å². The summed E-state index contributed by atoms with van der Waals surface area (Å²) in [6.45, 7) is 5.47. The van der Waals surface area contributed by atoms with E-state index in [9.17, 15) is 9.59 Å². The summed E-state index contributed by atoms with van der Waals surface area (Å²) >= 11 is 0. The lowest BCUT2D eigenvalue weighted by molar-refractivity contribution is -0.154. The average molecular weight is 244 g/mol. The van der Waals surface area contributed by atoms with Gasteiger partial charge in [-0.05, 0) is 6.92 Å². The Bertz CT molecular complexity index is 279. The number of rotatable bonds is 5. The molecule has 7 heteroatoms. The van der Waals surface area contributed by atoms with Crippen molar-refractivity contribution in [3.05, 3.63) is 0 Å². The van der Waals surface area contributed by atoms with Crippen molar-refractivity contribution in [1.82, 2.24) is 15.3 Å². The van der Waals surface area contributed by atoms with E-state index in [1.54, 1.807) is 5.01 Å². The number of carboxylic acid groups (broad SMARTS) is 1. The summed E-state index contributed by atoms with van der Waals surface area (Å²) in [6, 6.07) is -0.970. The first-order valence-electron chi connectivity index (χ1n) is 5.80. The van der Waals surface area contributed by atoms with Gasteiger partial charge in [0.1, 0.15) is 0 Å². The Hall–Kier alpha value is -1.18. The largest absolute Gasteiger partial charge is 0.481 e. The number of hydrogen-bond donors (Lipinski definition) is 3. The minimum Gasteiger partial charge on any atom is -0.481 e. The zero-order valence-corrected chi connectivity index (χ0v) is 10.1. The van der Waals surface area contributed by atoms with Gasteiger partial charge in [-0.3, -0.25) is 14.6 Å². The highest BCUT2D eigenvalue weighted by molar-refractivity contribution is 5.85.